The zero-order valence-corrected chi connectivity index (χ0v) is 18.7. The summed E-state index contributed by atoms with van der Waals surface area (Å²) in [7, 11) is 1.67. The number of nitrogens with one attached hydrogen (secondary N) is 2. The Morgan fingerprint density at radius 1 is 1.24 bits per heavy atom. The first-order valence-corrected chi connectivity index (χ1v) is 11.1. The summed E-state index contributed by atoms with van der Waals surface area (Å²) in [6.45, 7) is 2.17. The summed E-state index contributed by atoms with van der Waals surface area (Å²) in [5.41, 5.74) is 7.16. The van der Waals surface area contributed by atoms with E-state index in [0.717, 1.165) is 53.2 Å². The van der Waals surface area contributed by atoms with Gasteiger partial charge in [0.25, 0.3) is 0 Å². The zero-order chi connectivity index (χ0) is 22.9. The number of cyclic esters (lactones) is 1. The van der Waals surface area contributed by atoms with Gasteiger partial charge in [-0.05, 0) is 49.1 Å². The number of ether oxygens (including phenoxy) is 2. The van der Waals surface area contributed by atoms with Gasteiger partial charge in [-0.3, -0.25) is 14.8 Å². The number of rotatable bonds is 5. The number of para-hydroxylation sites is 1. The lowest BCUT2D eigenvalue weighted by atomic mass is 9.99. The van der Waals surface area contributed by atoms with Crippen LogP contribution in [-0.2, 0) is 22.4 Å². The first kappa shape index (κ1) is 21.1. The third kappa shape index (κ3) is 3.92. The number of H-pyrrole nitrogens is 1. The third-order valence-corrected chi connectivity index (χ3v) is 6.22. The number of anilines is 1. The fourth-order valence-electron chi connectivity index (χ4n) is 4.65. The van der Waals surface area contributed by atoms with E-state index in [-0.39, 0.29) is 18.1 Å². The number of fused-ring (bicyclic) bond motifs is 3. The van der Waals surface area contributed by atoms with Gasteiger partial charge in [0.15, 0.2) is 0 Å². The monoisotopic (exact) mass is 446 g/mol. The molecule has 2 heterocycles. The van der Waals surface area contributed by atoms with Crippen LogP contribution in [0.1, 0.15) is 24.5 Å². The first-order chi connectivity index (χ1) is 16.0. The highest BCUT2D eigenvalue weighted by atomic mass is 16.6. The molecule has 2 N–H and O–H groups in total. The van der Waals surface area contributed by atoms with Crippen molar-refractivity contribution in [2.45, 2.75) is 32.3 Å². The van der Waals surface area contributed by atoms with E-state index in [1.807, 2.05) is 36.4 Å². The van der Waals surface area contributed by atoms with Crippen LogP contribution < -0.4 is 15.0 Å². The molecule has 1 aliphatic carbocycles. The minimum atomic E-state index is -0.389. The van der Waals surface area contributed by atoms with Crippen molar-refractivity contribution in [2.24, 2.45) is 0 Å². The molecule has 0 unspecified atom stereocenters. The summed E-state index contributed by atoms with van der Waals surface area (Å²) in [4.78, 5) is 25.3. The molecule has 170 valence electrons. The number of aromatic amines is 1. The molecule has 1 aliphatic heterocycles. The molecule has 0 bridgehead atoms. The van der Waals surface area contributed by atoms with Crippen LogP contribution in [-0.4, -0.2) is 48.5 Å². The minimum absolute atomic E-state index is 0.141. The molecule has 8 heteroatoms. The predicted molar refractivity (Wildman–Crippen MR) is 124 cm³/mol. The van der Waals surface area contributed by atoms with E-state index in [2.05, 4.69) is 21.6 Å². The maximum Gasteiger partial charge on any atom is 0.414 e. The van der Waals surface area contributed by atoms with Crippen LogP contribution >= 0.6 is 0 Å². The second-order valence-corrected chi connectivity index (χ2v) is 8.37. The van der Waals surface area contributed by atoms with E-state index in [9.17, 15) is 9.59 Å². The summed E-state index contributed by atoms with van der Waals surface area (Å²) in [6, 6.07) is 14.0. The van der Waals surface area contributed by atoms with Crippen molar-refractivity contribution in [3.63, 3.8) is 0 Å². The van der Waals surface area contributed by atoms with Gasteiger partial charge in [-0.1, -0.05) is 18.2 Å². The smallest absolute Gasteiger partial charge is 0.414 e. The number of hydrogen-bond donors (Lipinski definition) is 2. The van der Waals surface area contributed by atoms with Crippen LogP contribution in [0.5, 0.6) is 5.75 Å². The van der Waals surface area contributed by atoms with Gasteiger partial charge in [0.1, 0.15) is 11.9 Å². The molecular formula is C25H26N4O4. The Morgan fingerprint density at radius 3 is 2.91 bits per heavy atom. The quantitative estimate of drug-likeness (QED) is 0.623. The average Bonchev–Trinajstić information content (AvgIpc) is 3.35. The van der Waals surface area contributed by atoms with Crippen molar-refractivity contribution < 1.29 is 19.1 Å². The number of benzene rings is 2. The lowest BCUT2D eigenvalue weighted by Crippen LogP contribution is -2.33. The lowest BCUT2D eigenvalue weighted by molar-refractivity contribution is -0.119. The molecule has 1 saturated heterocycles. The normalized spacial score (nSPS) is 17.1. The van der Waals surface area contributed by atoms with Crippen molar-refractivity contribution >= 4 is 17.7 Å². The molecule has 2 amide bonds. The fourth-order valence-corrected chi connectivity index (χ4v) is 4.65. The number of carbonyl (C=O) groups excluding carboxylic acids is 2. The molecule has 0 radical (unpaired) electrons. The Balaban J connectivity index is 1.45. The number of aryl methyl sites for hydroxylation is 1. The van der Waals surface area contributed by atoms with E-state index in [1.165, 1.54) is 18.1 Å². The number of carbonyl (C=O) groups is 2. The molecular weight excluding hydrogens is 420 g/mol. The van der Waals surface area contributed by atoms with E-state index in [4.69, 9.17) is 9.47 Å². The maximum atomic E-state index is 12.4. The van der Waals surface area contributed by atoms with Crippen molar-refractivity contribution in [1.82, 2.24) is 15.5 Å². The molecule has 2 aromatic carbocycles. The number of aromatic nitrogens is 2. The van der Waals surface area contributed by atoms with Gasteiger partial charge in [0.05, 0.1) is 31.6 Å². The van der Waals surface area contributed by atoms with E-state index in [0.29, 0.717) is 13.1 Å². The topological polar surface area (TPSA) is 96.6 Å². The predicted octanol–water partition coefficient (Wildman–Crippen LogP) is 3.70. The van der Waals surface area contributed by atoms with Crippen LogP contribution in [0.25, 0.3) is 22.5 Å². The molecule has 0 spiro atoms. The SMILES string of the molecule is COc1ccccc1-c1n[nH]c2c1CCCc1cc(N3C[C@H](CNC(C)=O)OC3=O)ccc1-2. The zero-order valence-electron chi connectivity index (χ0n) is 18.7. The van der Waals surface area contributed by atoms with Crippen molar-refractivity contribution in [3.8, 4) is 28.3 Å². The van der Waals surface area contributed by atoms with Gasteiger partial charge in [-0.15, -0.1) is 0 Å². The van der Waals surface area contributed by atoms with Gasteiger partial charge in [-0.2, -0.15) is 5.10 Å². The second-order valence-electron chi connectivity index (χ2n) is 8.37. The molecule has 3 aromatic rings. The van der Waals surface area contributed by atoms with Gasteiger partial charge in [-0.25, -0.2) is 4.79 Å². The van der Waals surface area contributed by atoms with E-state index < -0.39 is 0 Å². The molecule has 1 atom stereocenters. The van der Waals surface area contributed by atoms with Gasteiger partial charge in [0.2, 0.25) is 5.91 Å². The largest absolute Gasteiger partial charge is 0.496 e. The van der Waals surface area contributed by atoms with Crippen LogP contribution in [0.15, 0.2) is 42.5 Å². The summed E-state index contributed by atoms with van der Waals surface area (Å²) in [6.07, 6.45) is 2.02. The molecule has 1 fully saturated rings. The molecule has 0 saturated carbocycles. The number of hydrogen-bond acceptors (Lipinski definition) is 5. The van der Waals surface area contributed by atoms with Crippen molar-refractivity contribution in [1.29, 1.82) is 0 Å². The van der Waals surface area contributed by atoms with Crippen LogP contribution in [0, 0.1) is 0 Å². The Kier molecular flexibility index (Phi) is 5.50. The van der Waals surface area contributed by atoms with Crippen LogP contribution in [0.3, 0.4) is 0 Å². The highest BCUT2D eigenvalue weighted by molar-refractivity contribution is 5.91. The van der Waals surface area contributed by atoms with Crippen LogP contribution in [0.2, 0.25) is 0 Å². The molecule has 5 rings (SSSR count). The molecule has 33 heavy (non-hydrogen) atoms. The number of nitrogens with zero attached hydrogens (tertiary/aromatic N) is 2. The summed E-state index contributed by atoms with van der Waals surface area (Å²) in [5.74, 6) is 0.658. The number of amides is 2. The molecule has 8 nitrogen and oxygen atoms in total. The van der Waals surface area contributed by atoms with Gasteiger partial charge >= 0.3 is 6.09 Å². The van der Waals surface area contributed by atoms with Crippen molar-refractivity contribution in [3.05, 3.63) is 53.6 Å². The Labute approximate surface area is 191 Å². The maximum absolute atomic E-state index is 12.4. The standard InChI is InChI=1S/C25H26N4O4/c1-15(30)26-13-18-14-29(25(31)33-18)17-10-11-19-16(12-17)6-5-8-21-23(19)27-28-24(21)20-7-3-4-9-22(20)32-2/h3-4,7,9-12,18H,5-6,8,13-14H2,1-2H3,(H,26,30)(H,27,28)/t18-/m0/s1. The fraction of sp³-hybridized carbons (Fsp3) is 0.320. The van der Waals surface area contributed by atoms with Gasteiger partial charge in [0, 0.05) is 29.3 Å². The van der Waals surface area contributed by atoms with Gasteiger partial charge < -0.3 is 14.8 Å². The van der Waals surface area contributed by atoms with Crippen molar-refractivity contribution in [2.75, 3.05) is 25.1 Å². The lowest BCUT2D eigenvalue weighted by Gasteiger charge is -2.16. The highest BCUT2D eigenvalue weighted by Crippen LogP contribution is 2.40. The number of methoxy groups -OCH3 is 1. The average molecular weight is 447 g/mol. The molecule has 2 aliphatic rings. The second kappa shape index (κ2) is 8.61. The Bertz CT molecular complexity index is 1220. The highest BCUT2D eigenvalue weighted by Gasteiger charge is 2.33. The Morgan fingerprint density at radius 2 is 2.09 bits per heavy atom. The first-order valence-electron chi connectivity index (χ1n) is 11.1. The minimum Gasteiger partial charge on any atom is -0.496 e. The summed E-state index contributed by atoms with van der Waals surface area (Å²) < 4.78 is 11.0. The molecule has 1 aromatic heterocycles. The van der Waals surface area contributed by atoms with E-state index >= 15 is 0 Å². The summed E-state index contributed by atoms with van der Waals surface area (Å²) in [5, 5.41) is 10.6. The van der Waals surface area contributed by atoms with E-state index in [1.54, 1.807) is 12.0 Å². The summed E-state index contributed by atoms with van der Waals surface area (Å²) >= 11 is 0. The third-order valence-electron chi connectivity index (χ3n) is 6.22. The van der Waals surface area contributed by atoms with Crippen LogP contribution in [0.4, 0.5) is 10.5 Å². The Hall–Kier alpha value is -3.81.